The summed E-state index contributed by atoms with van der Waals surface area (Å²) in [6.45, 7) is 1.05. The molecule has 0 spiro atoms. The largest absolute Gasteiger partial charge is 0.384 e. The molecule has 0 amide bonds. The maximum absolute atomic E-state index is 6.09. The minimum absolute atomic E-state index is 0.781. The fourth-order valence-electron chi connectivity index (χ4n) is 1.22. The van der Waals surface area contributed by atoms with Crippen LogP contribution in [0.1, 0.15) is 12.8 Å². The molecule has 1 fully saturated rings. The molecule has 1 nitrogen and oxygen atoms in total. The first-order valence-corrected chi connectivity index (χ1v) is 5.62. The lowest BCUT2D eigenvalue weighted by molar-refractivity contribution is 0.889. The molecule has 3 heteroatoms. The SMILES string of the molecule is Clc1c(Br)cccc1NCC1CC1. The van der Waals surface area contributed by atoms with E-state index in [-0.39, 0.29) is 0 Å². The number of rotatable bonds is 3. The Bertz CT molecular complexity index is 310. The molecule has 0 radical (unpaired) electrons. The van der Waals surface area contributed by atoms with Gasteiger partial charge in [-0.1, -0.05) is 17.7 Å². The third kappa shape index (κ3) is 2.38. The highest BCUT2D eigenvalue weighted by atomic mass is 79.9. The van der Waals surface area contributed by atoms with E-state index in [9.17, 15) is 0 Å². The molecule has 1 aliphatic carbocycles. The molecule has 0 saturated heterocycles. The maximum atomic E-state index is 6.09. The minimum Gasteiger partial charge on any atom is -0.384 e. The molecule has 0 aromatic heterocycles. The van der Waals surface area contributed by atoms with Gasteiger partial charge in [0.2, 0.25) is 0 Å². The summed E-state index contributed by atoms with van der Waals surface area (Å²) in [6.07, 6.45) is 2.72. The summed E-state index contributed by atoms with van der Waals surface area (Å²) in [5.74, 6) is 0.870. The molecule has 0 aliphatic heterocycles. The van der Waals surface area contributed by atoms with Crippen LogP contribution < -0.4 is 5.32 Å². The van der Waals surface area contributed by atoms with Crippen molar-refractivity contribution in [2.75, 3.05) is 11.9 Å². The first kappa shape index (κ1) is 9.35. The van der Waals surface area contributed by atoms with Crippen molar-refractivity contribution in [2.24, 2.45) is 5.92 Å². The molecule has 1 aromatic carbocycles. The molecule has 0 unspecified atom stereocenters. The number of benzene rings is 1. The van der Waals surface area contributed by atoms with Gasteiger partial charge < -0.3 is 5.32 Å². The van der Waals surface area contributed by atoms with Crippen molar-refractivity contribution in [2.45, 2.75) is 12.8 Å². The molecule has 13 heavy (non-hydrogen) atoms. The predicted octanol–water partition coefficient (Wildman–Crippen LogP) is 3.92. The fourth-order valence-corrected chi connectivity index (χ4v) is 1.78. The molecule has 70 valence electrons. The first-order chi connectivity index (χ1) is 6.27. The molecular formula is C10H11BrClN. The van der Waals surface area contributed by atoms with Gasteiger partial charge in [0.15, 0.2) is 0 Å². The third-order valence-corrected chi connectivity index (χ3v) is 3.53. The fraction of sp³-hybridized carbons (Fsp3) is 0.400. The van der Waals surface area contributed by atoms with Gasteiger partial charge in [0, 0.05) is 11.0 Å². The van der Waals surface area contributed by atoms with Gasteiger partial charge in [-0.2, -0.15) is 0 Å². The van der Waals surface area contributed by atoms with E-state index < -0.39 is 0 Å². The topological polar surface area (TPSA) is 12.0 Å². The Morgan fingerprint density at radius 1 is 1.46 bits per heavy atom. The van der Waals surface area contributed by atoms with Gasteiger partial charge in [0.25, 0.3) is 0 Å². The molecule has 1 saturated carbocycles. The van der Waals surface area contributed by atoms with Crippen LogP contribution in [-0.2, 0) is 0 Å². The molecular weight excluding hydrogens is 249 g/mol. The molecule has 0 atom stereocenters. The summed E-state index contributed by atoms with van der Waals surface area (Å²) < 4.78 is 0.954. The van der Waals surface area contributed by atoms with E-state index in [2.05, 4.69) is 21.2 Å². The van der Waals surface area contributed by atoms with Crippen molar-refractivity contribution in [1.82, 2.24) is 0 Å². The van der Waals surface area contributed by atoms with Crippen LogP contribution in [0.15, 0.2) is 22.7 Å². The Hall–Kier alpha value is -0.210. The first-order valence-electron chi connectivity index (χ1n) is 4.45. The van der Waals surface area contributed by atoms with Crippen LogP contribution in [0.4, 0.5) is 5.69 Å². The van der Waals surface area contributed by atoms with Gasteiger partial charge in [-0.05, 0) is 46.8 Å². The monoisotopic (exact) mass is 259 g/mol. The van der Waals surface area contributed by atoms with Gasteiger partial charge in [-0.15, -0.1) is 0 Å². The van der Waals surface area contributed by atoms with Crippen molar-refractivity contribution in [3.8, 4) is 0 Å². The lowest BCUT2D eigenvalue weighted by atomic mass is 10.3. The number of anilines is 1. The highest BCUT2D eigenvalue weighted by Crippen LogP contribution is 2.33. The second kappa shape index (κ2) is 3.89. The van der Waals surface area contributed by atoms with Crippen LogP contribution in [0.3, 0.4) is 0 Å². The number of halogens is 2. The van der Waals surface area contributed by atoms with Crippen molar-refractivity contribution < 1.29 is 0 Å². The number of hydrogen-bond donors (Lipinski definition) is 1. The normalized spacial score (nSPS) is 15.8. The highest BCUT2D eigenvalue weighted by Gasteiger charge is 2.20. The van der Waals surface area contributed by atoms with Gasteiger partial charge in [-0.3, -0.25) is 0 Å². The Balaban J connectivity index is 2.05. The summed E-state index contributed by atoms with van der Waals surface area (Å²) in [4.78, 5) is 0. The van der Waals surface area contributed by atoms with Crippen molar-refractivity contribution in [3.63, 3.8) is 0 Å². The summed E-state index contributed by atoms with van der Waals surface area (Å²) in [5.41, 5.74) is 1.03. The van der Waals surface area contributed by atoms with Crippen LogP contribution in [0, 0.1) is 5.92 Å². The van der Waals surface area contributed by atoms with E-state index in [0.29, 0.717) is 0 Å². The van der Waals surface area contributed by atoms with E-state index in [1.807, 2.05) is 18.2 Å². The van der Waals surface area contributed by atoms with Crippen molar-refractivity contribution in [3.05, 3.63) is 27.7 Å². The quantitative estimate of drug-likeness (QED) is 0.868. The lowest BCUT2D eigenvalue weighted by Gasteiger charge is -2.08. The van der Waals surface area contributed by atoms with Crippen LogP contribution in [-0.4, -0.2) is 6.54 Å². The Morgan fingerprint density at radius 2 is 2.23 bits per heavy atom. The van der Waals surface area contributed by atoms with Crippen LogP contribution in [0.2, 0.25) is 5.02 Å². The van der Waals surface area contributed by atoms with Crippen LogP contribution in [0.25, 0.3) is 0 Å². The molecule has 1 aromatic rings. The van der Waals surface area contributed by atoms with Crippen molar-refractivity contribution >= 4 is 33.2 Å². The molecule has 2 rings (SSSR count). The van der Waals surface area contributed by atoms with Crippen LogP contribution >= 0.6 is 27.5 Å². The molecule has 1 N–H and O–H groups in total. The number of hydrogen-bond acceptors (Lipinski definition) is 1. The average molecular weight is 261 g/mol. The Labute approximate surface area is 91.6 Å². The van der Waals surface area contributed by atoms with E-state index in [4.69, 9.17) is 11.6 Å². The molecule has 1 aliphatic rings. The van der Waals surface area contributed by atoms with Gasteiger partial charge in [0.1, 0.15) is 0 Å². The van der Waals surface area contributed by atoms with E-state index in [1.165, 1.54) is 12.8 Å². The van der Waals surface area contributed by atoms with Gasteiger partial charge in [0.05, 0.1) is 10.7 Å². The highest BCUT2D eigenvalue weighted by molar-refractivity contribution is 9.10. The smallest absolute Gasteiger partial charge is 0.0779 e. The van der Waals surface area contributed by atoms with Gasteiger partial charge >= 0.3 is 0 Å². The van der Waals surface area contributed by atoms with Crippen LogP contribution in [0.5, 0.6) is 0 Å². The van der Waals surface area contributed by atoms with E-state index in [1.54, 1.807) is 0 Å². The maximum Gasteiger partial charge on any atom is 0.0779 e. The van der Waals surface area contributed by atoms with E-state index >= 15 is 0 Å². The molecule has 0 heterocycles. The molecule has 0 bridgehead atoms. The second-order valence-electron chi connectivity index (χ2n) is 3.43. The predicted molar refractivity (Wildman–Crippen MR) is 60.4 cm³/mol. The zero-order chi connectivity index (χ0) is 9.26. The van der Waals surface area contributed by atoms with Crippen molar-refractivity contribution in [1.29, 1.82) is 0 Å². The summed E-state index contributed by atoms with van der Waals surface area (Å²) in [7, 11) is 0. The Kier molecular flexibility index (Phi) is 2.80. The minimum atomic E-state index is 0.781. The zero-order valence-electron chi connectivity index (χ0n) is 7.19. The second-order valence-corrected chi connectivity index (χ2v) is 4.66. The summed E-state index contributed by atoms with van der Waals surface area (Å²) >= 11 is 9.48. The van der Waals surface area contributed by atoms with E-state index in [0.717, 1.165) is 27.6 Å². The van der Waals surface area contributed by atoms with Gasteiger partial charge in [-0.25, -0.2) is 0 Å². The zero-order valence-corrected chi connectivity index (χ0v) is 9.53. The third-order valence-electron chi connectivity index (χ3n) is 2.23. The number of nitrogens with one attached hydrogen (secondary N) is 1. The Morgan fingerprint density at radius 3 is 2.92 bits per heavy atom. The summed E-state index contributed by atoms with van der Waals surface area (Å²) in [6, 6.07) is 5.95. The summed E-state index contributed by atoms with van der Waals surface area (Å²) in [5, 5.41) is 4.13. The lowest BCUT2D eigenvalue weighted by Crippen LogP contribution is -2.03. The average Bonchev–Trinajstić information content (AvgIpc) is 2.91. The standard InChI is InChI=1S/C10H11BrClN/c11-8-2-1-3-9(10(8)12)13-6-7-4-5-7/h1-3,7,13H,4-6H2.